The molecular formula is C14H20N2O5. The first-order valence-corrected chi connectivity index (χ1v) is 6.85. The molecule has 1 saturated heterocycles. The van der Waals surface area contributed by atoms with E-state index < -0.39 is 4.92 Å². The van der Waals surface area contributed by atoms with Gasteiger partial charge in [0, 0.05) is 19.2 Å². The number of nitrogens with one attached hydrogen (secondary N) is 1. The predicted molar refractivity (Wildman–Crippen MR) is 76.5 cm³/mol. The van der Waals surface area contributed by atoms with Crippen LogP contribution in [-0.2, 0) is 16.1 Å². The largest absolute Gasteiger partial charge is 0.490 e. The monoisotopic (exact) mass is 296 g/mol. The Morgan fingerprint density at radius 1 is 1.48 bits per heavy atom. The Kier molecular flexibility index (Phi) is 5.49. The van der Waals surface area contributed by atoms with Gasteiger partial charge < -0.3 is 19.5 Å². The van der Waals surface area contributed by atoms with Gasteiger partial charge in [0.05, 0.1) is 37.5 Å². The van der Waals surface area contributed by atoms with Crippen molar-refractivity contribution in [2.75, 3.05) is 26.8 Å². The van der Waals surface area contributed by atoms with Crippen LogP contribution in [0.2, 0.25) is 0 Å². The lowest BCUT2D eigenvalue weighted by Crippen LogP contribution is -2.45. The second-order valence-corrected chi connectivity index (χ2v) is 5.01. The van der Waals surface area contributed by atoms with Gasteiger partial charge in [-0.2, -0.15) is 0 Å². The van der Waals surface area contributed by atoms with E-state index in [1.165, 1.54) is 13.2 Å². The molecule has 1 aromatic rings. The Labute approximate surface area is 123 Å². The minimum absolute atomic E-state index is 0.0157. The zero-order chi connectivity index (χ0) is 15.2. The molecule has 0 radical (unpaired) electrons. The SMILES string of the molecule is COc1ccc(COCC2CNCC(C)O2)cc1[N+](=O)[O-]. The molecule has 1 aliphatic heterocycles. The van der Waals surface area contributed by atoms with Gasteiger partial charge in [0.1, 0.15) is 0 Å². The summed E-state index contributed by atoms with van der Waals surface area (Å²) < 4.78 is 16.3. The van der Waals surface area contributed by atoms with Gasteiger partial charge in [0.25, 0.3) is 0 Å². The molecular weight excluding hydrogens is 276 g/mol. The minimum atomic E-state index is -0.460. The third-order valence-corrected chi connectivity index (χ3v) is 3.24. The summed E-state index contributed by atoms with van der Waals surface area (Å²) in [6.07, 6.45) is 0.191. The van der Waals surface area contributed by atoms with Gasteiger partial charge in [-0.15, -0.1) is 0 Å². The number of morpholine rings is 1. The van der Waals surface area contributed by atoms with E-state index >= 15 is 0 Å². The topological polar surface area (TPSA) is 82.9 Å². The molecule has 0 bridgehead atoms. The molecule has 2 unspecified atom stereocenters. The molecule has 1 fully saturated rings. The summed E-state index contributed by atoms with van der Waals surface area (Å²) in [7, 11) is 1.41. The standard InChI is InChI=1S/C14H20N2O5/c1-10-6-15-7-12(21-10)9-20-8-11-3-4-14(19-2)13(5-11)16(17)18/h3-5,10,12,15H,6-9H2,1-2H3. The summed E-state index contributed by atoms with van der Waals surface area (Å²) in [6, 6.07) is 4.81. The summed E-state index contributed by atoms with van der Waals surface area (Å²) in [5.74, 6) is 0.248. The molecule has 1 aromatic carbocycles. The first-order valence-electron chi connectivity index (χ1n) is 6.85. The van der Waals surface area contributed by atoms with E-state index in [1.54, 1.807) is 12.1 Å². The van der Waals surface area contributed by atoms with Crippen molar-refractivity contribution in [3.63, 3.8) is 0 Å². The van der Waals surface area contributed by atoms with E-state index in [2.05, 4.69) is 5.32 Å². The Morgan fingerprint density at radius 2 is 2.29 bits per heavy atom. The second kappa shape index (κ2) is 7.35. The number of nitrogens with zero attached hydrogens (tertiary/aromatic N) is 1. The number of ether oxygens (including phenoxy) is 3. The van der Waals surface area contributed by atoms with Crippen molar-refractivity contribution < 1.29 is 19.1 Å². The molecule has 1 N–H and O–H groups in total. The van der Waals surface area contributed by atoms with Gasteiger partial charge in [-0.05, 0) is 18.6 Å². The number of methoxy groups -OCH3 is 1. The van der Waals surface area contributed by atoms with E-state index in [0.29, 0.717) is 13.2 Å². The van der Waals surface area contributed by atoms with E-state index in [0.717, 1.165) is 18.7 Å². The number of nitro benzene ring substituents is 1. The molecule has 2 atom stereocenters. The molecule has 0 aliphatic carbocycles. The second-order valence-electron chi connectivity index (χ2n) is 5.01. The average molecular weight is 296 g/mol. The van der Waals surface area contributed by atoms with Gasteiger partial charge in [-0.1, -0.05) is 6.07 Å². The highest BCUT2D eigenvalue weighted by atomic mass is 16.6. The molecule has 7 heteroatoms. The van der Waals surface area contributed by atoms with Crippen molar-refractivity contribution in [1.29, 1.82) is 0 Å². The Hall–Kier alpha value is -1.70. The number of rotatable bonds is 6. The van der Waals surface area contributed by atoms with Crippen molar-refractivity contribution >= 4 is 5.69 Å². The van der Waals surface area contributed by atoms with Crippen LogP contribution in [0.4, 0.5) is 5.69 Å². The summed E-state index contributed by atoms with van der Waals surface area (Å²) in [5, 5.41) is 14.2. The fourth-order valence-corrected chi connectivity index (χ4v) is 2.25. The first kappa shape index (κ1) is 15.7. The van der Waals surface area contributed by atoms with Crippen molar-refractivity contribution in [2.24, 2.45) is 0 Å². The third kappa shape index (κ3) is 4.38. The molecule has 2 rings (SSSR count). The van der Waals surface area contributed by atoms with Crippen LogP contribution in [-0.4, -0.2) is 43.9 Å². The zero-order valence-electron chi connectivity index (χ0n) is 12.2. The maximum absolute atomic E-state index is 10.9. The van der Waals surface area contributed by atoms with Gasteiger partial charge in [0.15, 0.2) is 5.75 Å². The summed E-state index contributed by atoms with van der Waals surface area (Å²) in [4.78, 5) is 10.5. The van der Waals surface area contributed by atoms with Crippen LogP contribution >= 0.6 is 0 Å². The predicted octanol–water partition coefficient (Wildman–Crippen LogP) is 1.50. The molecule has 0 amide bonds. The van der Waals surface area contributed by atoms with Crippen LogP contribution in [0, 0.1) is 10.1 Å². The molecule has 1 aliphatic rings. The highest BCUT2D eigenvalue weighted by molar-refractivity contribution is 5.48. The van der Waals surface area contributed by atoms with Crippen LogP contribution in [0.25, 0.3) is 0 Å². The van der Waals surface area contributed by atoms with E-state index in [-0.39, 0.29) is 23.6 Å². The van der Waals surface area contributed by atoms with Gasteiger partial charge in [-0.3, -0.25) is 10.1 Å². The molecule has 116 valence electrons. The average Bonchev–Trinajstić information content (AvgIpc) is 2.47. The molecule has 21 heavy (non-hydrogen) atoms. The fraction of sp³-hybridized carbons (Fsp3) is 0.571. The molecule has 1 heterocycles. The van der Waals surface area contributed by atoms with Gasteiger partial charge in [0.2, 0.25) is 0 Å². The lowest BCUT2D eigenvalue weighted by Gasteiger charge is -2.28. The number of benzene rings is 1. The summed E-state index contributed by atoms with van der Waals surface area (Å²) in [6.45, 7) is 4.37. The molecule has 0 aromatic heterocycles. The van der Waals surface area contributed by atoms with Gasteiger partial charge >= 0.3 is 5.69 Å². The quantitative estimate of drug-likeness (QED) is 0.632. The molecule has 0 spiro atoms. The first-order chi connectivity index (χ1) is 10.1. The zero-order valence-corrected chi connectivity index (χ0v) is 12.2. The Bertz CT molecular complexity index is 494. The highest BCUT2D eigenvalue weighted by Crippen LogP contribution is 2.27. The number of hydrogen-bond donors (Lipinski definition) is 1. The van der Waals surface area contributed by atoms with E-state index in [4.69, 9.17) is 14.2 Å². The van der Waals surface area contributed by atoms with Crippen LogP contribution in [0.15, 0.2) is 18.2 Å². The van der Waals surface area contributed by atoms with Crippen LogP contribution in [0.3, 0.4) is 0 Å². The lowest BCUT2D eigenvalue weighted by atomic mass is 10.2. The lowest BCUT2D eigenvalue weighted by molar-refractivity contribution is -0.385. The Balaban J connectivity index is 1.88. The Morgan fingerprint density at radius 3 is 2.95 bits per heavy atom. The third-order valence-electron chi connectivity index (χ3n) is 3.24. The van der Waals surface area contributed by atoms with E-state index in [9.17, 15) is 10.1 Å². The smallest absolute Gasteiger partial charge is 0.311 e. The molecule has 0 saturated carbocycles. The van der Waals surface area contributed by atoms with E-state index in [1.807, 2.05) is 6.92 Å². The van der Waals surface area contributed by atoms with Crippen molar-refractivity contribution in [3.05, 3.63) is 33.9 Å². The minimum Gasteiger partial charge on any atom is -0.490 e. The molecule has 7 nitrogen and oxygen atoms in total. The van der Waals surface area contributed by atoms with Crippen molar-refractivity contribution in [2.45, 2.75) is 25.7 Å². The fourth-order valence-electron chi connectivity index (χ4n) is 2.25. The summed E-state index contributed by atoms with van der Waals surface area (Å²) >= 11 is 0. The summed E-state index contributed by atoms with van der Waals surface area (Å²) in [5.41, 5.74) is 0.683. The van der Waals surface area contributed by atoms with Crippen LogP contribution < -0.4 is 10.1 Å². The number of hydrogen-bond acceptors (Lipinski definition) is 6. The maximum atomic E-state index is 10.9. The maximum Gasteiger partial charge on any atom is 0.311 e. The number of nitro groups is 1. The van der Waals surface area contributed by atoms with Crippen LogP contribution in [0.5, 0.6) is 5.75 Å². The van der Waals surface area contributed by atoms with Crippen molar-refractivity contribution in [3.8, 4) is 5.75 Å². The van der Waals surface area contributed by atoms with Gasteiger partial charge in [-0.25, -0.2) is 0 Å². The highest BCUT2D eigenvalue weighted by Gasteiger charge is 2.19. The van der Waals surface area contributed by atoms with Crippen molar-refractivity contribution in [1.82, 2.24) is 5.32 Å². The van der Waals surface area contributed by atoms with Crippen LogP contribution in [0.1, 0.15) is 12.5 Å². The normalized spacial score (nSPS) is 22.0.